The Labute approximate surface area is 217 Å². The van der Waals surface area contributed by atoms with Gasteiger partial charge in [-0.2, -0.15) is 5.10 Å². The number of rotatable bonds is 7. The second-order valence-electron chi connectivity index (χ2n) is 7.25. The van der Waals surface area contributed by atoms with Gasteiger partial charge in [0.2, 0.25) is 0 Å². The first-order valence-corrected chi connectivity index (χ1v) is 12.7. The van der Waals surface area contributed by atoms with Gasteiger partial charge in [0.1, 0.15) is 5.75 Å². The molecule has 0 bridgehead atoms. The Hall–Kier alpha value is -2.95. The van der Waals surface area contributed by atoms with E-state index in [0.29, 0.717) is 21.0 Å². The minimum Gasteiger partial charge on any atom is -0.506 e. The number of nitrogens with one attached hydrogen (secondary N) is 1. The van der Waals surface area contributed by atoms with Crippen molar-refractivity contribution in [1.29, 1.82) is 0 Å². The molecule has 7 nitrogen and oxygen atoms in total. The number of aromatic hydroxyl groups is 1. The molecule has 0 aliphatic rings. The van der Waals surface area contributed by atoms with Crippen LogP contribution in [0.15, 0.2) is 85.9 Å². The first kappa shape index (κ1) is 24.2. The molecule has 2 N–H and O–H groups in total. The van der Waals surface area contributed by atoms with Gasteiger partial charge in [-0.15, -0.1) is 10.2 Å². The summed E-state index contributed by atoms with van der Waals surface area (Å²) >= 11 is 7.89. The number of benzene rings is 3. The number of aromatic nitrogens is 3. The Morgan fingerprint density at radius 1 is 1.12 bits per heavy atom. The zero-order valence-corrected chi connectivity index (χ0v) is 21.9. The molecule has 34 heavy (non-hydrogen) atoms. The summed E-state index contributed by atoms with van der Waals surface area (Å²) in [5, 5.41) is 23.4. The van der Waals surface area contributed by atoms with Crippen LogP contribution < -0.4 is 5.43 Å². The van der Waals surface area contributed by atoms with Crippen LogP contribution in [0.1, 0.15) is 11.1 Å². The van der Waals surface area contributed by atoms with Crippen molar-refractivity contribution in [1.82, 2.24) is 20.2 Å². The fraction of sp³-hybridized carbons (Fsp3) is 0.0833. The van der Waals surface area contributed by atoms with E-state index in [1.165, 1.54) is 18.0 Å². The van der Waals surface area contributed by atoms with Gasteiger partial charge in [0, 0.05) is 21.3 Å². The van der Waals surface area contributed by atoms with Gasteiger partial charge in [0.25, 0.3) is 5.91 Å². The number of hydrazone groups is 1. The number of aryl methyl sites for hydroxylation is 1. The zero-order chi connectivity index (χ0) is 24.1. The molecular formula is C24H19Br2N5O2S. The molecule has 0 saturated carbocycles. The van der Waals surface area contributed by atoms with Crippen LogP contribution in [-0.2, 0) is 4.79 Å². The van der Waals surface area contributed by atoms with Gasteiger partial charge in [0.15, 0.2) is 11.0 Å². The monoisotopic (exact) mass is 599 g/mol. The van der Waals surface area contributed by atoms with E-state index in [2.05, 4.69) is 52.6 Å². The Bertz CT molecular complexity index is 1340. The van der Waals surface area contributed by atoms with Gasteiger partial charge in [0.05, 0.1) is 16.4 Å². The van der Waals surface area contributed by atoms with E-state index in [9.17, 15) is 9.90 Å². The van der Waals surface area contributed by atoms with Gasteiger partial charge < -0.3 is 5.11 Å². The summed E-state index contributed by atoms with van der Waals surface area (Å²) in [6.07, 6.45) is 1.38. The molecule has 0 fully saturated rings. The van der Waals surface area contributed by atoms with Crippen LogP contribution in [0.2, 0.25) is 0 Å². The highest BCUT2D eigenvalue weighted by atomic mass is 79.9. The van der Waals surface area contributed by atoms with Crippen molar-refractivity contribution in [3.63, 3.8) is 0 Å². The minimum atomic E-state index is -0.311. The number of phenolic OH excluding ortho intramolecular Hbond substituents is 1. The first-order chi connectivity index (χ1) is 16.4. The lowest BCUT2D eigenvalue weighted by molar-refractivity contribution is -0.118. The Kier molecular flexibility index (Phi) is 7.81. The number of hydrogen-bond acceptors (Lipinski definition) is 6. The molecule has 0 aliphatic carbocycles. The van der Waals surface area contributed by atoms with Gasteiger partial charge in [-0.25, -0.2) is 5.43 Å². The van der Waals surface area contributed by atoms with Crippen molar-refractivity contribution >= 4 is 55.7 Å². The molecule has 1 heterocycles. The number of carbonyl (C=O) groups excluding carboxylic acids is 1. The van der Waals surface area contributed by atoms with Crippen LogP contribution >= 0.6 is 43.6 Å². The van der Waals surface area contributed by atoms with Crippen molar-refractivity contribution in [2.24, 2.45) is 5.10 Å². The predicted octanol–water partition coefficient (Wildman–Crippen LogP) is 5.72. The molecule has 0 atom stereocenters. The molecule has 172 valence electrons. The van der Waals surface area contributed by atoms with E-state index < -0.39 is 0 Å². The Balaban J connectivity index is 1.50. The van der Waals surface area contributed by atoms with Crippen molar-refractivity contribution < 1.29 is 9.90 Å². The average Bonchev–Trinajstić information content (AvgIpc) is 3.25. The third-order valence-electron chi connectivity index (χ3n) is 4.74. The SMILES string of the molecule is Cc1ccc(-c2nnc(SCC(=O)N/N=C\c3cc(Br)cc(Br)c3O)n2-c2ccccc2)cc1. The maximum atomic E-state index is 12.4. The topological polar surface area (TPSA) is 92.4 Å². The van der Waals surface area contributed by atoms with E-state index >= 15 is 0 Å². The number of amides is 1. The van der Waals surface area contributed by atoms with E-state index in [4.69, 9.17) is 0 Å². The maximum Gasteiger partial charge on any atom is 0.250 e. The van der Waals surface area contributed by atoms with Crippen LogP contribution in [0.5, 0.6) is 5.75 Å². The van der Waals surface area contributed by atoms with Crippen LogP contribution in [0, 0.1) is 6.92 Å². The summed E-state index contributed by atoms with van der Waals surface area (Å²) in [7, 11) is 0. The van der Waals surface area contributed by atoms with Crippen LogP contribution in [0.3, 0.4) is 0 Å². The molecule has 0 spiro atoms. The van der Waals surface area contributed by atoms with Crippen molar-refractivity contribution in [3.05, 3.63) is 86.8 Å². The molecule has 0 saturated heterocycles. The molecule has 4 aromatic rings. The molecule has 1 aromatic heterocycles. The van der Waals surface area contributed by atoms with Crippen molar-refractivity contribution in [2.45, 2.75) is 12.1 Å². The number of nitrogens with zero attached hydrogens (tertiary/aromatic N) is 4. The predicted molar refractivity (Wildman–Crippen MR) is 141 cm³/mol. The average molecular weight is 601 g/mol. The van der Waals surface area contributed by atoms with E-state index in [1.54, 1.807) is 12.1 Å². The van der Waals surface area contributed by atoms with Crippen LogP contribution in [0.4, 0.5) is 0 Å². The first-order valence-electron chi connectivity index (χ1n) is 10.1. The number of thioether (sulfide) groups is 1. The third-order valence-corrected chi connectivity index (χ3v) is 6.73. The molecule has 0 unspecified atom stereocenters. The van der Waals surface area contributed by atoms with E-state index in [1.807, 2.05) is 66.1 Å². The van der Waals surface area contributed by atoms with Gasteiger partial charge in [-0.3, -0.25) is 9.36 Å². The summed E-state index contributed by atoms with van der Waals surface area (Å²) in [5.74, 6) is 0.511. The zero-order valence-electron chi connectivity index (χ0n) is 17.9. The second-order valence-corrected chi connectivity index (χ2v) is 9.96. The number of phenols is 1. The highest BCUT2D eigenvalue weighted by Crippen LogP contribution is 2.31. The highest BCUT2D eigenvalue weighted by Gasteiger charge is 2.17. The van der Waals surface area contributed by atoms with Gasteiger partial charge in [-0.05, 0) is 47.1 Å². The molecule has 10 heteroatoms. The van der Waals surface area contributed by atoms with E-state index in [0.717, 1.165) is 21.3 Å². The van der Waals surface area contributed by atoms with Crippen LogP contribution in [0.25, 0.3) is 17.1 Å². The fourth-order valence-electron chi connectivity index (χ4n) is 3.08. The largest absolute Gasteiger partial charge is 0.506 e. The summed E-state index contributed by atoms with van der Waals surface area (Å²) in [5.41, 5.74) is 5.93. The molecule has 0 aliphatic heterocycles. The fourth-order valence-corrected chi connectivity index (χ4v) is 5.09. The molecule has 0 radical (unpaired) electrons. The lowest BCUT2D eigenvalue weighted by Gasteiger charge is -2.10. The second kappa shape index (κ2) is 11.0. The normalized spacial score (nSPS) is 11.1. The number of halogens is 2. The molecule has 4 rings (SSSR count). The van der Waals surface area contributed by atoms with Gasteiger partial charge in [-0.1, -0.05) is 75.7 Å². The van der Waals surface area contributed by atoms with Gasteiger partial charge >= 0.3 is 0 Å². The summed E-state index contributed by atoms with van der Waals surface area (Å²) in [6, 6.07) is 21.2. The summed E-state index contributed by atoms with van der Waals surface area (Å²) < 4.78 is 3.23. The number of hydrogen-bond donors (Lipinski definition) is 2. The number of carbonyl (C=O) groups is 1. The summed E-state index contributed by atoms with van der Waals surface area (Å²) in [6.45, 7) is 2.03. The van der Waals surface area contributed by atoms with E-state index in [-0.39, 0.29) is 17.4 Å². The third kappa shape index (κ3) is 5.75. The lowest BCUT2D eigenvalue weighted by Crippen LogP contribution is -2.20. The molecular weight excluding hydrogens is 582 g/mol. The number of para-hydroxylation sites is 1. The van der Waals surface area contributed by atoms with Crippen LogP contribution in [-0.4, -0.2) is 37.7 Å². The lowest BCUT2D eigenvalue weighted by atomic mass is 10.1. The quantitative estimate of drug-likeness (QED) is 0.161. The Morgan fingerprint density at radius 2 is 1.85 bits per heavy atom. The van der Waals surface area contributed by atoms with Crippen molar-refractivity contribution in [2.75, 3.05) is 5.75 Å². The molecule has 1 amide bonds. The van der Waals surface area contributed by atoms with Crippen molar-refractivity contribution in [3.8, 4) is 22.8 Å². The smallest absolute Gasteiger partial charge is 0.250 e. The standard InChI is InChI=1S/C24H19Br2N5O2S/c1-15-7-9-16(10-8-15)23-29-30-24(31(23)19-5-3-2-4-6-19)34-14-21(32)28-27-13-17-11-18(25)12-20(26)22(17)33/h2-13,33H,14H2,1H3,(H,28,32)/b27-13-. The summed E-state index contributed by atoms with van der Waals surface area (Å²) in [4.78, 5) is 12.4. The Morgan fingerprint density at radius 3 is 2.59 bits per heavy atom. The molecule has 3 aromatic carbocycles. The maximum absolute atomic E-state index is 12.4. The highest BCUT2D eigenvalue weighted by molar-refractivity contribution is 9.11. The minimum absolute atomic E-state index is 0.0372.